The summed E-state index contributed by atoms with van der Waals surface area (Å²) in [5.74, 6) is 0.247. The molecule has 92 valence electrons. The van der Waals surface area contributed by atoms with Crippen LogP contribution in [0.4, 0.5) is 0 Å². The molecule has 2 rings (SSSR count). The van der Waals surface area contributed by atoms with Crippen molar-refractivity contribution in [2.45, 2.75) is 57.2 Å². The summed E-state index contributed by atoms with van der Waals surface area (Å²) in [5.41, 5.74) is 0. The first-order valence-electron chi connectivity index (χ1n) is 6.44. The highest BCUT2D eigenvalue weighted by Crippen LogP contribution is 2.28. The van der Waals surface area contributed by atoms with E-state index < -0.39 is 0 Å². The van der Waals surface area contributed by atoms with Crippen molar-refractivity contribution in [2.24, 2.45) is 0 Å². The molecule has 0 aromatic rings. The second-order valence-corrected chi connectivity index (χ2v) is 4.96. The van der Waals surface area contributed by atoms with Crippen molar-refractivity contribution in [2.75, 3.05) is 13.1 Å². The van der Waals surface area contributed by atoms with Gasteiger partial charge >= 0.3 is 0 Å². The molecule has 4 heteroatoms. The Kier molecular flexibility index (Phi) is 3.82. The molecular formula is C12H22N2O2. The Morgan fingerprint density at radius 3 is 2.88 bits per heavy atom. The number of nitrogens with zero attached hydrogens (tertiary/aromatic N) is 1. The van der Waals surface area contributed by atoms with Crippen LogP contribution in [0.2, 0.25) is 0 Å². The zero-order chi connectivity index (χ0) is 11.5. The monoisotopic (exact) mass is 226 g/mol. The van der Waals surface area contributed by atoms with Gasteiger partial charge in [0.25, 0.3) is 0 Å². The third kappa shape index (κ3) is 2.38. The number of piperidine rings is 1. The van der Waals surface area contributed by atoms with Gasteiger partial charge in [-0.3, -0.25) is 4.79 Å². The normalized spacial score (nSPS) is 35.0. The van der Waals surface area contributed by atoms with Gasteiger partial charge in [0.1, 0.15) is 0 Å². The second-order valence-electron chi connectivity index (χ2n) is 4.96. The van der Waals surface area contributed by atoms with E-state index >= 15 is 0 Å². The molecule has 0 radical (unpaired) electrons. The van der Waals surface area contributed by atoms with Gasteiger partial charge in [-0.2, -0.15) is 0 Å². The van der Waals surface area contributed by atoms with Gasteiger partial charge in [0, 0.05) is 12.6 Å². The van der Waals surface area contributed by atoms with Crippen molar-refractivity contribution in [1.82, 2.24) is 10.2 Å². The van der Waals surface area contributed by atoms with E-state index in [9.17, 15) is 9.90 Å². The molecule has 1 unspecified atom stereocenters. The van der Waals surface area contributed by atoms with Gasteiger partial charge in [-0.15, -0.1) is 0 Å². The molecule has 1 aliphatic heterocycles. The van der Waals surface area contributed by atoms with Crippen LogP contribution in [0.5, 0.6) is 0 Å². The molecule has 0 bridgehead atoms. The number of nitrogens with one attached hydrogen (secondary N) is 1. The smallest absolute Gasteiger partial charge is 0.239 e. The first-order chi connectivity index (χ1) is 7.72. The van der Waals surface area contributed by atoms with Crippen LogP contribution in [-0.4, -0.2) is 47.2 Å². The van der Waals surface area contributed by atoms with E-state index in [0.717, 1.165) is 45.2 Å². The molecule has 1 saturated heterocycles. The lowest BCUT2D eigenvalue weighted by atomic mass is 9.86. The van der Waals surface area contributed by atoms with Gasteiger partial charge in [0.05, 0.1) is 12.1 Å². The minimum Gasteiger partial charge on any atom is -0.393 e. The van der Waals surface area contributed by atoms with E-state index in [4.69, 9.17) is 0 Å². The SMILES string of the molecule is CCCNC1CCCN(C2CC(O)C2)C1=O. The number of likely N-dealkylation sites (tertiary alicyclic amines) is 1. The van der Waals surface area contributed by atoms with E-state index in [2.05, 4.69) is 12.2 Å². The quantitative estimate of drug-likeness (QED) is 0.734. The second kappa shape index (κ2) is 5.15. The molecular weight excluding hydrogens is 204 g/mol. The molecule has 0 aromatic heterocycles. The number of hydrogen-bond acceptors (Lipinski definition) is 3. The molecule has 2 fully saturated rings. The van der Waals surface area contributed by atoms with Crippen molar-refractivity contribution < 1.29 is 9.90 Å². The largest absolute Gasteiger partial charge is 0.393 e. The van der Waals surface area contributed by atoms with Crippen molar-refractivity contribution in [3.63, 3.8) is 0 Å². The van der Waals surface area contributed by atoms with E-state index in [0.29, 0.717) is 6.04 Å². The van der Waals surface area contributed by atoms with Gasteiger partial charge in [0.15, 0.2) is 0 Å². The Morgan fingerprint density at radius 1 is 1.50 bits per heavy atom. The molecule has 1 atom stereocenters. The molecule has 4 nitrogen and oxygen atoms in total. The Balaban J connectivity index is 1.86. The molecule has 1 saturated carbocycles. The topological polar surface area (TPSA) is 52.6 Å². The maximum absolute atomic E-state index is 12.2. The Labute approximate surface area is 97.0 Å². The minimum absolute atomic E-state index is 0.0199. The summed E-state index contributed by atoms with van der Waals surface area (Å²) >= 11 is 0. The fraction of sp³-hybridized carbons (Fsp3) is 0.917. The summed E-state index contributed by atoms with van der Waals surface area (Å²) in [4.78, 5) is 14.1. The van der Waals surface area contributed by atoms with Gasteiger partial charge in [0.2, 0.25) is 5.91 Å². The van der Waals surface area contributed by atoms with Gasteiger partial charge in [-0.25, -0.2) is 0 Å². The summed E-state index contributed by atoms with van der Waals surface area (Å²) in [6.45, 7) is 3.90. The predicted molar refractivity (Wildman–Crippen MR) is 62.1 cm³/mol. The molecule has 2 N–H and O–H groups in total. The van der Waals surface area contributed by atoms with Crippen molar-refractivity contribution in [3.8, 4) is 0 Å². The summed E-state index contributed by atoms with van der Waals surface area (Å²) in [7, 11) is 0. The highest BCUT2D eigenvalue weighted by Gasteiger charge is 2.38. The van der Waals surface area contributed by atoms with E-state index in [-0.39, 0.29) is 18.1 Å². The number of carbonyl (C=O) groups is 1. The Hall–Kier alpha value is -0.610. The maximum atomic E-state index is 12.2. The molecule has 1 amide bonds. The standard InChI is InChI=1S/C12H22N2O2/c1-2-5-13-11-4-3-6-14(12(11)16)9-7-10(15)8-9/h9-11,13,15H,2-8H2,1H3. The van der Waals surface area contributed by atoms with Crippen LogP contribution in [0.15, 0.2) is 0 Å². The fourth-order valence-corrected chi connectivity index (χ4v) is 2.58. The average Bonchev–Trinajstić information content (AvgIpc) is 2.24. The summed E-state index contributed by atoms with van der Waals surface area (Å²) in [5, 5.41) is 12.6. The zero-order valence-corrected chi connectivity index (χ0v) is 9.98. The van der Waals surface area contributed by atoms with Crippen LogP contribution in [-0.2, 0) is 4.79 Å². The summed E-state index contributed by atoms with van der Waals surface area (Å²) < 4.78 is 0. The molecule has 0 aromatic carbocycles. The highest BCUT2D eigenvalue weighted by atomic mass is 16.3. The minimum atomic E-state index is -0.179. The molecule has 1 heterocycles. The molecule has 2 aliphatic rings. The summed E-state index contributed by atoms with van der Waals surface area (Å²) in [6.07, 6.45) is 4.47. The lowest BCUT2D eigenvalue weighted by Crippen LogP contribution is -2.58. The Bertz CT molecular complexity index is 251. The predicted octanol–water partition coefficient (Wildman–Crippen LogP) is 0.500. The van der Waals surface area contributed by atoms with Crippen LogP contribution in [0.3, 0.4) is 0 Å². The average molecular weight is 226 g/mol. The van der Waals surface area contributed by atoms with Crippen LogP contribution in [0.25, 0.3) is 0 Å². The van der Waals surface area contributed by atoms with Crippen LogP contribution in [0, 0.1) is 0 Å². The van der Waals surface area contributed by atoms with Gasteiger partial charge < -0.3 is 15.3 Å². The molecule has 0 spiro atoms. The fourth-order valence-electron chi connectivity index (χ4n) is 2.58. The number of carbonyl (C=O) groups excluding carboxylic acids is 1. The number of amides is 1. The van der Waals surface area contributed by atoms with Crippen molar-refractivity contribution in [1.29, 1.82) is 0 Å². The van der Waals surface area contributed by atoms with Crippen LogP contribution < -0.4 is 5.32 Å². The van der Waals surface area contributed by atoms with Crippen molar-refractivity contribution in [3.05, 3.63) is 0 Å². The number of hydrogen-bond donors (Lipinski definition) is 2. The first kappa shape index (κ1) is 11.9. The third-order valence-electron chi connectivity index (χ3n) is 3.64. The molecule has 1 aliphatic carbocycles. The van der Waals surface area contributed by atoms with Crippen molar-refractivity contribution >= 4 is 5.91 Å². The number of aliphatic hydroxyl groups excluding tert-OH is 1. The van der Waals surface area contributed by atoms with Gasteiger partial charge in [-0.1, -0.05) is 6.92 Å². The number of aliphatic hydroxyl groups is 1. The van der Waals surface area contributed by atoms with Gasteiger partial charge in [-0.05, 0) is 38.6 Å². The lowest BCUT2D eigenvalue weighted by molar-refractivity contribution is -0.143. The summed E-state index contributed by atoms with van der Waals surface area (Å²) in [6, 6.07) is 0.320. The third-order valence-corrected chi connectivity index (χ3v) is 3.64. The van der Waals surface area contributed by atoms with Crippen LogP contribution in [0.1, 0.15) is 39.0 Å². The highest BCUT2D eigenvalue weighted by molar-refractivity contribution is 5.83. The zero-order valence-electron chi connectivity index (χ0n) is 9.98. The van der Waals surface area contributed by atoms with Crippen LogP contribution >= 0.6 is 0 Å². The van der Waals surface area contributed by atoms with E-state index in [1.807, 2.05) is 4.90 Å². The maximum Gasteiger partial charge on any atom is 0.239 e. The Morgan fingerprint density at radius 2 is 2.25 bits per heavy atom. The first-order valence-corrected chi connectivity index (χ1v) is 6.44. The lowest BCUT2D eigenvalue weighted by Gasteiger charge is -2.44. The molecule has 16 heavy (non-hydrogen) atoms. The van der Waals surface area contributed by atoms with E-state index in [1.165, 1.54) is 0 Å². The van der Waals surface area contributed by atoms with E-state index in [1.54, 1.807) is 0 Å². The number of rotatable bonds is 4.